The standard InChI is InChI=1S/C14H14N2O/c1-15-10-16(12-7-3-2-6-11(12)15)13-8-4-5-9-14(13)17/h2-9,17H,10H2,1H3. The molecule has 0 amide bonds. The van der Waals surface area contributed by atoms with Gasteiger partial charge in [-0.15, -0.1) is 0 Å². The summed E-state index contributed by atoms with van der Waals surface area (Å²) in [5.41, 5.74) is 3.18. The molecule has 86 valence electrons. The molecular formula is C14H14N2O. The lowest BCUT2D eigenvalue weighted by Crippen LogP contribution is -2.23. The summed E-state index contributed by atoms with van der Waals surface area (Å²) in [6, 6.07) is 15.7. The van der Waals surface area contributed by atoms with Gasteiger partial charge in [-0.05, 0) is 24.3 Å². The maximum Gasteiger partial charge on any atom is 0.139 e. The molecule has 2 aromatic carbocycles. The van der Waals surface area contributed by atoms with Crippen LogP contribution in [-0.2, 0) is 0 Å². The minimum absolute atomic E-state index is 0.317. The van der Waals surface area contributed by atoms with Gasteiger partial charge in [0, 0.05) is 7.05 Å². The molecule has 0 unspecified atom stereocenters. The molecule has 0 saturated heterocycles. The number of nitrogens with zero attached hydrogens (tertiary/aromatic N) is 2. The summed E-state index contributed by atoms with van der Waals surface area (Å²) in [6.45, 7) is 0.761. The first-order valence-electron chi connectivity index (χ1n) is 5.63. The lowest BCUT2D eigenvalue weighted by molar-refractivity contribution is 0.475. The van der Waals surface area contributed by atoms with Gasteiger partial charge in [-0.1, -0.05) is 24.3 Å². The van der Waals surface area contributed by atoms with Crippen LogP contribution in [-0.4, -0.2) is 18.8 Å². The fourth-order valence-electron chi connectivity index (χ4n) is 2.28. The highest BCUT2D eigenvalue weighted by molar-refractivity contribution is 5.83. The van der Waals surface area contributed by atoms with Crippen molar-refractivity contribution in [1.82, 2.24) is 0 Å². The number of phenols is 1. The Balaban J connectivity index is 2.11. The molecule has 0 aromatic heterocycles. The highest BCUT2D eigenvalue weighted by Gasteiger charge is 2.25. The molecular weight excluding hydrogens is 212 g/mol. The third kappa shape index (κ3) is 1.51. The summed E-state index contributed by atoms with van der Waals surface area (Å²) < 4.78 is 0. The largest absolute Gasteiger partial charge is 0.506 e. The molecule has 17 heavy (non-hydrogen) atoms. The first kappa shape index (κ1) is 10.0. The molecule has 1 aliphatic rings. The maximum absolute atomic E-state index is 9.92. The van der Waals surface area contributed by atoms with E-state index in [9.17, 15) is 5.11 Å². The topological polar surface area (TPSA) is 26.7 Å². The van der Waals surface area contributed by atoms with Crippen molar-refractivity contribution in [3.05, 3.63) is 48.5 Å². The molecule has 0 radical (unpaired) electrons. The Hall–Kier alpha value is -2.16. The van der Waals surface area contributed by atoms with E-state index in [4.69, 9.17) is 0 Å². The van der Waals surface area contributed by atoms with Crippen molar-refractivity contribution in [2.24, 2.45) is 0 Å². The number of benzene rings is 2. The molecule has 0 aliphatic carbocycles. The molecule has 0 fully saturated rings. The van der Waals surface area contributed by atoms with Gasteiger partial charge in [-0.25, -0.2) is 0 Å². The third-order valence-electron chi connectivity index (χ3n) is 3.11. The molecule has 1 aliphatic heterocycles. The normalized spacial score (nSPS) is 13.9. The van der Waals surface area contributed by atoms with Gasteiger partial charge in [-0.2, -0.15) is 0 Å². The Morgan fingerprint density at radius 1 is 0.882 bits per heavy atom. The van der Waals surface area contributed by atoms with Crippen molar-refractivity contribution in [3.63, 3.8) is 0 Å². The van der Waals surface area contributed by atoms with Crippen molar-refractivity contribution >= 4 is 17.1 Å². The highest BCUT2D eigenvalue weighted by Crippen LogP contribution is 2.42. The fourth-order valence-corrected chi connectivity index (χ4v) is 2.28. The monoisotopic (exact) mass is 226 g/mol. The van der Waals surface area contributed by atoms with Crippen molar-refractivity contribution < 1.29 is 5.11 Å². The highest BCUT2D eigenvalue weighted by atomic mass is 16.3. The van der Waals surface area contributed by atoms with Crippen LogP contribution in [0.25, 0.3) is 0 Å². The van der Waals surface area contributed by atoms with E-state index < -0.39 is 0 Å². The molecule has 1 heterocycles. The van der Waals surface area contributed by atoms with Crippen LogP contribution in [0.1, 0.15) is 0 Å². The fraction of sp³-hybridized carbons (Fsp3) is 0.143. The smallest absolute Gasteiger partial charge is 0.139 e. The van der Waals surface area contributed by atoms with Crippen LogP contribution in [0.5, 0.6) is 5.75 Å². The number of phenolic OH excluding ortho intramolecular Hbond substituents is 1. The van der Waals surface area contributed by atoms with Crippen LogP contribution in [0.2, 0.25) is 0 Å². The Bertz CT molecular complexity index is 553. The summed E-state index contributed by atoms with van der Waals surface area (Å²) in [4.78, 5) is 4.28. The van der Waals surface area contributed by atoms with Gasteiger partial charge < -0.3 is 14.9 Å². The Morgan fingerprint density at radius 3 is 2.18 bits per heavy atom. The van der Waals surface area contributed by atoms with Crippen LogP contribution in [0.4, 0.5) is 17.1 Å². The average molecular weight is 226 g/mol. The van der Waals surface area contributed by atoms with Gasteiger partial charge in [0.05, 0.1) is 23.7 Å². The van der Waals surface area contributed by atoms with E-state index in [2.05, 4.69) is 29.0 Å². The predicted octanol–water partition coefficient (Wildman–Crippen LogP) is 2.94. The first-order valence-corrected chi connectivity index (χ1v) is 5.63. The minimum Gasteiger partial charge on any atom is -0.506 e. The third-order valence-corrected chi connectivity index (χ3v) is 3.11. The molecule has 0 spiro atoms. The summed E-state index contributed by atoms with van der Waals surface area (Å²) in [5.74, 6) is 0.317. The Kier molecular flexibility index (Phi) is 2.18. The van der Waals surface area contributed by atoms with Crippen molar-refractivity contribution in [1.29, 1.82) is 0 Å². The van der Waals surface area contributed by atoms with Crippen molar-refractivity contribution in [2.45, 2.75) is 0 Å². The second kappa shape index (κ2) is 3.70. The van der Waals surface area contributed by atoms with E-state index in [0.717, 1.165) is 18.0 Å². The predicted molar refractivity (Wildman–Crippen MR) is 70.0 cm³/mol. The van der Waals surface area contributed by atoms with Crippen LogP contribution < -0.4 is 9.80 Å². The Morgan fingerprint density at radius 2 is 1.47 bits per heavy atom. The SMILES string of the molecule is CN1CN(c2ccccc2O)c2ccccc21. The van der Waals surface area contributed by atoms with Gasteiger partial charge in [0.1, 0.15) is 5.75 Å². The molecule has 3 heteroatoms. The van der Waals surface area contributed by atoms with Gasteiger partial charge in [0.15, 0.2) is 0 Å². The summed E-state index contributed by atoms with van der Waals surface area (Å²) in [7, 11) is 2.05. The summed E-state index contributed by atoms with van der Waals surface area (Å²) >= 11 is 0. The van der Waals surface area contributed by atoms with Gasteiger partial charge in [-0.3, -0.25) is 0 Å². The number of hydrogen-bond acceptors (Lipinski definition) is 3. The second-order valence-electron chi connectivity index (χ2n) is 4.24. The number of rotatable bonds is 1. The zero-order chi connectivity index (χ0) is 11.8. The quantitative estimate of drug-likeness (QED) is 0.809. The summed E-state index contributed by atoms with van der Waals surface area (Å²) in [5, 5.41) is 9.92. The van der Waals surface area contributed by atoms with E-state index in [1.165, 1.54) is 5.69 Å². The van der Waals surface area contributed by atoms with Crippen LogP contribution >= 0.6 is 0 Å². The zero-order valence-corrected chi connectivity index (χ0v) is 9.67. The maximum atomic E-state index is 9.92. The van der Waals surface area contributed by atoms with E-state index in [1.807, 2.05) is 30.3 Å². The molecule has 1 N–H and O–H groups in total. The van der Waals surface area contributed by atoms with Crippen LogP contribution in [0.3, 0.4) is 0 Å². The van der Waals surface area contributed by atoms with Crippen LogP contribution in [0.15, 0.2) is 48.5 Å². The average Bonchev–Trinajstić information content (AvgIpc) is 2.68. The second-order valence-corrected chi connectivity index (χ2v) is 4.24. The van der Waals surface area contributed by atoms with Crippen molar-refractivity contribution in [2.75, 3.05) is 23.5 Å². The lowest BCUT2D eigenvalue weighted by Gasteiger charge is -2.20. The Labute approximate surface area is 101 Å². The van der Waals surface area contributed by atoms with Crippen molar-refractivity contribution in [3.8, 4) is 5.75 Å². The van der Waals surface area contributed by atoms with Gasteiger partial charge >= 0.3 is 0 Å². The number of hydrogen-bond donors (Lipinski definition) is 1. The number of fused-ring (bicyclic) bond motifs is 1. The molecule has 3 rings (SSSR count). The molecule has 0 atom stereocenters. The zero-order valence-electron chi connectivity index (χ0n) is 9.67. The lowest BCUT2D eigenvalue weighted by atomic mass is 10.2. The van der Waals surface area contributed by atoms with E-state index in [1.54, 1.807) is 6.07 Å². The first-order chi connectivity index (χ1) is 8.27. The molecule has 0 saturated carbocycles. The van der Waals surface area contributed by atoms with Gasteiger partial charge in [0.25, 0.3) is 0 Å². The minimum atomic E-state index is 0.317. The number of anilines is 3. The number of para-hydroxylation sites is 4. The van der Waals surface area contributed by atoms with Gasteiger partial charge in [0.2, 0.25) is 0 Å². The molecule has 0 bridgehead atoms. The van der Waals surface area contributed by atoms with E-state index >= 15 is 0 Å². The molecule has 2 aromatic rings. The molecule has 3 nitrogen and oxygen atoms in total. The number of aromatic hydroxyl groups is 1. The van der Waals surface area contributed by atoms with E-state index in [0.29, 0.717) is 5.75 Å². The summed E-state index contributed by atoms with van der Waals surface area (Å²) in [6.07, 6.45) is 0. The van der Waals surface area contributed by atoms with E-state index in [-0.39, 0.29) is 0 Å². The van der Waals surface area contributed by atoms with Crippen LogP contribution in [0, 0.1) is 0 Å².